The molecule has 0 aliphatic carbocycles. The highest BCUT2D eigenvalue weighted by Crippen LogP contribution is 2.33. The molecule has 7 nitrogen and oxygen atoms in total. The van der Waals surface area contributed by atoms with Crippen LogP contribution in [0.1, 0.15) is 5.56 Å². The fourth-order valence-electron chi connectivity index (χ4n) is 2.24. The fourth-order valence-corrected chi connectivity index (χ4v) is 4.20. The molecular weight excluding hydrogens is 388 g/mol. The quantitative estimate of drug-likeness (QED) is 0.733. The first-order chi connectivity index (χ1) is 12.7. The molecule has 0 saturated carbocycles. The maximum absolute atomic E-state index is 12.8. The average molecular weight is 411 g/mol. The molecule has 0 aliphatic heterocycles. The number of nitrogens with one attached hydrogen (secondary N) is 1. The predicted octanol–water partition coefficient (Wildman–Crippen LogP) is 3.59. The van der Waals surface area contributed by atoms with E-state index in [0.717, 1.165) is 16.7 Å². The molecule has 0 saturated heterocycles. The minimum atomic E-state index is -3.82. The number of sulfonamides is 1. The van der Waals surface area contributed by atoms with Crippen LogP contribution in [0.25, 0.3) is 0 Å². The summed E-state index contributed by atoms with van der Waals surface area (Å²) in [7, 11) is 2.46. The van der Waals surface area contributed by atoms with Crippen LogP contribution in [0.4, 0.5) is 10.5 Å². The van der Waals surface area contributed by atoms with Gasteiger partial charge in [0.25, 0.3) is 15.3 Å². The van der Waals surface area contributed by atoms with Gasteiger partial charge < -0.3 is 14.4 Å². The molecule has 0 spiro atoms. The molecule has 2 aromatic carbocycles. The molecular formula is C18H22N2O5S2. The van der Waals surface area contributed by atoms with E-state index in [-0.39, 0.29) is 10.1 Å². The van der Waals surface area contributed by atoms with Crippen molar-refractivity contribution in [2.24, 2.45) is 0 Å². The molecule has 2 rings (SSSR count). The van der Waals surface area contributed by atoms with Crippen LogP contribution in [-0.2, 0) is 10.0 Å². The molecule has 0 fully saturated rings. The van der Waals surface area contributed by atoms with E-state index in [2.05, 4.69) is 4.72 Å². The first-order valence-corrected chi connectivity index (χ1v) is 10.2. The van der Waals surface area contributed by atoms with Crippen molar-refractivity contribution in [1.82, 2.24) is 4.90 Å². The van der Waals surface area contributed by atoms with Gasteiger partial charge in [0, 0.05) is 30.7 Å². The molecule has 146 valence electrons. The largest absolute Gasteiger partial charge is 0.493 e. The van der Waals surface area contributed by atoms with E-state index in [4.69, 9.17) is 9.47 Å². The SMILES string of the molecule is COc1cc(C)c(S(=O)(=O)Nc2ccc(SC(=O)N(C)C)cc2)cc1OC. The molecule has 0 unspecified atom stereocenters. The van der Waals surface area contributed by atoms with E-state index in [9.17, 15) is 13.2 Å². The van der Waals surface area contributed by atoms with E-state index < -0.39 is 10.0 Å². The summed E-state index contributed by atoms with van der Waals surface area (Å²) in [6.45, 7) is 1.68. The summed E-state index contributed by atoms with van der Waals surface area (Å²) in [6.07, 6.45) is 0. The summed E-state index contributed by atoms with van der Waals surface area (Å²) in [4.78, 5) is 14.0. The lowest BCUT2D eigenvalue weighted by atomic mass is 10.2. The Bertz CT molecular complexity index is 926. The van der Waals surface area contributed by atoms with Gasteiger partial charge in [0.2, 0.25) is 0 Å². The van der Waals surface area contributed by atoms with Gasteiger partial charge in [-0.1, -0.05) is 0 Å². The number of carbonyl (C=O) groups excluding carboxylic acids is 1. The van der Waals surface area contributed by atoms with Gasteiger partial charge in [-0.3, -0.25) is 9.52 Å². The summed E-state index contributed by atoms with van der Waals surface area (Å²) in [5.74, 6) is 0.790. The van der Waals surface area contributed by atoms with E-state index in [1.165, 1.54) is 25.2 Å². The number of hydrogen-bond donors (Lipinski definition) is 1. The molecule has 0 aromatic heterocycles. The molecule has 9 heteroatoms. The van der Waals surface area contributed by atoms with E-state index in [1.807, 2.05) is 0 Å². The highest BCUT2D eigenvalue weighted by Gasteiger charge is 2.20. The van der Waals surface area contributed by atoms with Crippen molar-refractivity contribution in [2.75, 3.05) is 33.0 Å². The monoisotopic (exact) mass is 410 g/mol. The zero-order valence-corrected chi connectivity index (χ0v) is 17.4. The van der Waals surface area contributed by atoms with Crippen LogP contribution in [0, 0.1) is 6.92 Å². The Balaban J connectivity index is 2.25. The van der Waals surface area contributed by atoms with Crippen LogP contribution in [0.2, 0.25) is 0 Å². The number of anilines is 1. The number of carbonyl (C=O) groups is 1. The standard InChI is InChI=1S/C18H22N2O5S2/c1-12-10-15(24-4)16(25-5)11-17(12)27(22,23)19-13-6-8-14(9-7-13)26-18(21)20(2)3/h6-11,19H,1-5H3. The second-order valence-corrected chi connectivity index (χ2v) is 8.54. The highest BCUT2D eigenvalue weighted by atomic mass is 32.2. The fraction of sp³-hybridized carbons (Fsp3) is 0.278. The lowest BCUT2D eigenvalue weighted by Gasteiger charge is -2.14. The molecule has 0 bridgehead atoms. The van der Waals surface area contributed by atoms with Crippen LogP contribution < -0.4 is 14.2 Å². The third-order valence-electron chi connectivity index (χ3n) is 3.65. The zero-order valence-electron chi connectivity index (χ0n) is 15.8. The summed E-state index contributed by atoms with van der Waals surface area (Å²) in [5, 5.41) is -0.107. The number of benzene rings is 2. The maximum atomic E-state index is 12.8. The molecule has 0 aliphatic rings. The van der Waals surface area contributed by atoms with Crippen LogP contribution in [0.15, 0.2) is 46.2 Å². The third kappa shape index (κ3) is 5.08. The molecule has 0 heterocycles. The van der Waals surface area contributed by atoms with Crippen LogP contribution in [0.3, 0.4) is 0 Å². The van der Waals surface area contributed by atoms with Crippen LogP contribution in [-0.4, -0.2) is 46.9 Å². The summed E-state index contributed by atoms with van der Waals surface area (Å²) in [6, 6.07) is 9.63. The van der Waals surface area contributed by atoms with Crippen molar-refractivity contribution in [3.63, 3.8) is 0 Å². The van der Waals surface area contributed by atoms with Crippen LogP contribution in [0.5, 0.6) is 11.5 Å². The zero-order chi connectivity index (χ0) is 20.2. The Morgan fingerprint density at radius 2 is 1.59 bits per heavy atom. The lowest BCUT2D eigenvalue weighted by Crippen LogP contribution is -2.16. The molecule has 0 radical (unpaired) electrons. The van der Waals surface area contributed by atoms with Crippen molar-refractivity contribution < 1.29 is 22.7 Å². The number of hydrogen-bond acceptors (Lipinski definition) is 6. The van der Waals surface area contributed by atoms with E-state index in [0.29, 0.717) is 22.7 Å². The smallest absolute Gasteiger partial charge is 0.285 e. The molecule has 27 heavy (non-hydrogen) atoms. The summed E-state index contributed by atoms with van der Waals surface area (Å²) >= 11 is 1.07. The van der Waals surface area contributed by atoms with Gasteiger partial charge >= 0.3 is 0 Å². The Hall–Kier alpha value is -2.39. The van der Waals surface area contributed by atoms with Gasteiger partial charge in [-0.15, -0.1) is 0 Å². The number of amides is 1. The van der Waals surface area contributed by atoms with Crippen molar-refractivity contribution >= 4 is 32.7 Å². The number of rotatable bonds is 6. The van der Waals surface area contributed by atoms with Gasteiger partial charge in [0.1, 0.15) is 0 Å². The first kappa shape index (κ1) is 20.9. The Kier molecular flexibility index (Phi) is 6.61. The Labute approximate surface area is 163 Å². The number of thioether (sulfide) groups is 1. The van der Waals surface area contributed by atoms with Gasteiger partial charge in [-0.2, -0.15) is 0 Å². The molecule has 1 amide bonds. The second kappa shape index (κ2) is 8.53. The molecule has 1 N–H and O–H groups in total. The van der Waals surface area contributed by atoms with Crippen molar-refractivity contribution in [3.8, 4) is 11.5 Å². The van der Waals surface area contributed by atoms with Gasteiger partial charge in [0.05, 0.1) is 19.1 Å². The van der Waals surface area contributed by atoms with Crippen molar-refractivity contribution in [2.45, 2.75) is 16.7 Å². The van der Waals surface area contributed by atoms with Crippen molar-refractivity contribution in [3.05, 3.63) is 42.0 Å². The predicted molar refractivity (Wildman–Crippen MR) is 106 cm³/mol. The van der Waals surface area contributed by atoms with Gasteiger partial charge in [0.15, 0.2) is 11.5 Å². The number of ether oxygens (including phenoxy) is 2. The molecule has 0 atom stereocenters. The summed E-state index contributed by atoms with van der Waals surface area (Å²) in [5.41, 5.74) is 0.926. The number of aryl methyl sites for hydroxylation is 1. The highest BCUT2D eigenvalue weighted by molar-refractivity contribution is 8.13. The van der Waals surface area contributed by atoms with E-state index in [1.54, 1.807) is 51.4 Å². The maximum Gasteiger partial charge on any atom is 0.285 e. The second-order valence-electron chi connectivity index (χ2n) is 5.86. The number of nitrogens with zero attached hydrogens (tertiary/aromatic N) is 1. The summed E-state index contributed by atoms with van der Waals surface area (Å²) < 4.78 is 38.5. The normalized spacial score (nSPS) is 11.0. The average Bonchev–Trinajstić information content (AvgIpc) is 2.62. The first-order valence-electron chi connectivity index (χ1n) is 7.92. The Morgan fingerprint density at radius 1 is 1.04 bits per heavy atom. The lowest BCUT2D eigenvalue weighted by molar-refractivity contribution is 0.241. The minimum Gasteiger partial charge on any atom is -0.493 e. The topological polar surface area (TPSA) is 84.9 Å². The minimum absolute atomic E-state index is 0.0985. The van der Waals surface area contributed by atoms with E-state index >= 15 is 0 Å². The van der Waals surface area contributed by atoms with Crippen LogP contribution >= 0.6 is 11.8 Å². The third-order valence-corrected chi connectivity index (χ3v) is 6.22. The van der Waals surface area contributed by atoms with Gasteiger partial charge in [-0.05, 0) is 54.6 Å². The van der Waals surface area contributed by atoms with Crippen molar-refractivity contribution in [1.29, 1.82) is 0 Å². The number of methoxy groups -OCH3 is 2. The van der Waals surface area contributed by atoms with Gasteiger partial charge in [-0.25, -0.2) is 8.42 Å². The Morgan fingerprint density at radius 3 is 2.11 bits per heavy atom. The molecule has 2 aromatic rings.